The summed E-state index contributed by atoms with van der Waals surface area (Å²) in [5, 5.41) is 12.3. The van der Waals surface area contributed by atoms with Crippen LogP contribution in [0.25, 0.3) is 0 Å². The Hall–Kier alpha value is -2.63. The Balaban J connectivity index is 2.06. The molecule has 2 aliphatic rings. The van der Waals surface area contributed by atoms with Crippen LogP contribution in [0.3, 0.4) is 0 Å². The highest BCUT2D eigenvalue weighted by atomic mass is 16.2. The van der Waals surface area contributed by atoms with E-state index >= 15 is 0 Å². The van der Waals surface area contributed by atoms with Crippen LogP contribution in [0.4, 0.5) is 11.5 Å². The molecule has 0 saturated carbocycles. The van der Waals surface area contributed by atoms with E-state index in [1.165, 1.54) is 0 Å². The molecule has 100 valence electrons. The summed E-state index contributed by atoms with van der Waals surface area (Å²) in [7, 11) is 0. The van der Waals surface area contributed by atoms with Crippen molar-refractivity contribution in [2.24, 2.45) is 0 Å². The number of amides is 2. The normalized spacial score (nSPS) is 23.2. The quantitative estimate of drug-likeness (QED) is 0.673. The van der Waals surface area contributed by atoms with Crippen LogP contribution in [0.1, 0.15) is 23.1 Å². The second kappa shape index (κ2) is 3.47. The number of nitrogens with one attached hydrogen (secondary N) is 3. The lowest BCUT2D eigenvalue weighted by molar-refractivity contribution is -0.125. The number of hydrogen-bond acceptors (Lipinski definition) is 3. The zero-order valence-electron chi connectivity index (χ0n) is 10.8. The number of H-pyrrole nitrogens is 1. The second-order valence-electron chi connectivity index (χ2n) is 5.24. The first-order valence-corrected chi connectivity index (χ1v) is 6.38. The number of aryl methyl sites for hydroxylation is 1. The van der Waals surface area contributed by atoms with Gasteiger partial charge in [-0.2, -0.15) is 5.10 Å². The number of rotatable bonds is 0. The van der Waals surface area contributed by atoms with Gasteiger partial charge in [-0.3, -0.25) is 14.7 Å². The van der Waals surface area contributed by atoms with Gasteiger partial charge in [0, 0.05) is 17.7 Å². The van der Waals surface area contributed by atoms with Crippen molar-refractivity contribution in [1.29, 1.82) is 0 Å². The van der Waals surface area contributed by atoms with Crippen LogP contribution >= 0.6 is 0 Å². The minimum Gasteiger partial charge on any atom is -0.324 e. The number of hydrogen-bond donors (Lipinski definition) is 3. The summed E-state index contributed by atoms with van der Waals surface area (Å²) in [5.74, 6) is 0.149. The number of aromatic amines is 1. The van der Waals surface area contributed by atoms with E-state index in [0.29, 0.717) is 5.82 Å². The second-order valence-corrected chi connectivity index (χ2v) is 5.24. The third-order valence-corrected chi connectivity index (χ3v) is 4.15. The van der Waals surface area contributed by atoms with Gasteiger partial charge in [-0.15, -0.1) is 0 Å². The lowest BCUT2D eigenvalue weighted by Gasteiger charge is -2.30. The molecule has 0 saturated heterocycles. The van der Waals surface area contributed by atoms with E-state index in [4.69, 9.17) is 0 Å². The average molecular weight is 268 g/mol. The summed E-state index contributed by atoms with van der Waals surface area (Å²) in [4.78, 5) is 24.6. The Morgan fingerprint density at radius 1 is 1.20 bits per heavy atom. The minimum atomic E-state index is -0.966. The summed E-state index contributed by atoms with van der Waals surface area (Å²) in [5.41, 5.74) is 2.40. The van der Waals surface area contributed by atoms with Gasteiger partial charge in [0.05, 0.1) is 6.20 Å². The van der Waals surface area contributed by atoms with Crippen LogP contribution in [-0.2, 0) is 15.0 Å². The van der Waals surface area contributed by atoms with Gasteiger partial charge >= 0.3 is 0 Å². The van der Waals surface area contributed by atoms with Crippen molar-refractivity contribution in [3.05, 3.63) is 41.1 Å². The smallest absolute Gasteiger partial charge is 0.240 e. The average Bonchev–Trinajstić information content (AvgIpc) is 2.97. The van der Waals surface area contributed by atoms with Crippen LogP contribution in [0, 0.1) is 6.92 Å². The molecule has 6 nitrogen and oxygen atoms in total. The van der Waals surface area contributed by atoms with Crippen molar-refractivity contribution in [1.82, 2.24) is 10.2 Å². The number of nitrogens with zero attached hydrogens (tertiary/aromatic N) is 1. The number of carbonyl (C=O) groups is 2. The first kappa shape index (κ1) is 11.2. The summed E-state index contributed by atoms with van der Waals surface area (Å²) >= 11 is 0. The molecule has 0 fully saturated rings. The molecular weight excluding hydrogens is 256 g/mol. The lowest BCUT2D eigenvalue weighted by atomic mass is 9.71. The predicted octanol–water partition coefficient (Wildman–Crippen LogP) is 1.30. The SMILES string of the molecule is Cc1cccc2c1NC(=O)[C@@]21CC(=O)Nc2[nH]ncc21. The zero-order chi connectivity index (χ0) is 13.9. The molecule has 0 radical (unpaired) electrons. The van der Waals surface area contributed by atoms with E-state index < -0.39 is 5.41 Å². The van der Waals surface area contributed by atoms with Gasteiger partial charge in [-0.05, 0) is 18.1 Å². The summed E-state index contributed by atoms with van der Waals surface area (Å²) in [6, 6.07) is 5.75. The zero-order valence-corrected chi connectivity index (χ0v) is 10.8. The Labute approximate surface area is 114 Å². The van der Waals surface area contributed by atoms with Crippen molar-refractivity contribution >= 4 is 23.3 Å². The molecule has 0 unspecified atom stereocenters. The summed E-state index contributed by atoms with van der Waals surface area (Å²) in [6.45, 7) is 1.94. The highest BCUT2D eigenvalue weighted by Gasteiger charge is 2.53. The largest absolute Gasteiger partial charge is 0.324 e. The maximum absolute atomic E-state index is 12.6. The number of anilines is 2. The summed E-state index contributed by atoms with van der Waals surface area (Å²) < 4.78 is 0. The fraction of sp³-hybridized carbons (Fsp3) is 0.214. The number of benzene rings is 1. The molecule has 2 amide bonds. The monoisotopic (exact) mass is 268 g/mol. The fourth-order valence-corrected chi connectivity index (χ4v) is 3.20. The minimum absolute atomic E-state index is 0.0990. The standard InChI is InChI=1S/C14H12N4O2/c1-7-3-2-4-8-11(7)17-13(20)14(8)5-10(19)16-12-9(14)6-15-18-12/h2-4,6H,5H2,1H3,(H,17,20)(H2,15,16,18,19)/t14-/m0/s1. The van der Waals surface area contributed by atoms with Crippen molar-refractivity contribution in [3.63, 3.8) is 0 Å². The molecule has 2 aliphatic heterocycles. The van der Waals surface area contributed by atoms with E-state index in [1.807, 2.05) is 25.1 Å². The Morgan fingerprint density at radius 2 is 2.05 bits per heavy atom. The molecule has 1 aromatic carbocycles. The van der Waals surface area contributed by atoms with E-state index in [-0.39, 0.29) is 18.2 Å². The van der Waals surface area contributed by atoms with E-state index in [0.717, 1.165) is 22.4 Å². The molecule has 1 spiro atoms. The number of aromatic nitrogens is 2. The van der Waals surface area contributed by atoms with Crippen molar-refractivity contribution in [2.45, 2.75) is 18.8 Å². The first-order valence-electron chi connectivity index (χ1n) is 6.38. The molecule has 3 N–H and O–H groups in total. The van der Waals surface area contributed by atoms with Gasteiger partial charge in [0.15, 0.2) is 0 Å². The molecule has 20 heavy (non-hydrogen) atoms. The molecule has 2 aromatic rings. The van der Waals surface area contributed by atoms with Crippen molar-refractivity contribution in [2.75, 3.05) is 10.6 Å². The Bertz CT molecular complexity index is 764. The number of fused-ring (bicyclic) bond motifs is 4. The highest BCUT2D eigenvalue weighted by molar-refractivity contribution is 6.14. The predicted molar refractivity (Wildman–Crippen MR) is 72.4 cm³/mol. The summed E-state index contributed by atoms with van der Waals surface area (Å²) in [6.07, 6.45) is 1.72. The number of para-hydroxylation sites is 1. The van der Waals surface area contributed by atoms with Crippen molar-refractivity contribution in [3.8, 4) is 0 Å². The van der Waals surface area contributed by atoms with Crippen LogP contribution in [-0.4, -0.2) is 22.0 Å². The maximum Gasteiger partial charge on any atom is 0.240 e. The van der Waals surface area contributed by atoms with Gasteiger partial charge in [0.2, 0.25) is 11.8 Å². The van der Waals surface area contributed by atoms with Gasteiger partial charge in [-0.25, -0.2) is 0 Å². The van der Waals surface area contributed by atoms with Crippen LogP contribution < -0.4 is 10.6 Å². The third-order valence-electron chi connectivity index (χ3n) is 4.15. The van der Waals surface area contributed by atoms with Crippen LogP contribution in [0.15, 0.2) is 24.4 Å². The van der Waals surface area contributed by atoms with Gasteiger partial charge in [0.1, 0.15) is 11.2 Å². The van der Waals surface area contributed by atoms with Crippen molar-refractivity contribution < 1.29 is 9.59 Å². The molecule has 0 aliphatic carbocycles. The van der Waals surface area contributed by atoms with Crippen LogP contribution in [0.5, 0.6) is 0 Å². The molecular formula is C14H12N4O2. The van der Waals surface area contributed by atoms with E-state index in [9.17, 15) is 9.59 Å². The Kier molecular flexibility index (Phi) is 1.95. The molecule has 3 heterocycles. The topological polar surface area (TPSA) is 86.9 Å². The van der Waals surface area contributed by atoms with Gasteiger partial charge < -0.3 is 10.6 Å². The molecule has 6 heteroatoms. The van der Waals surface area contributed by atoms with Crippen LogP contribution in [0.2, 0.25) is 0 Å². The molecule has 0 bridgehead atoms. The number of carbonyl (C=O) groups excluding carboxylic acids is 2. The molecule has 4 rings (SSSR count). The van der Waals surface area contributed by atoms with Gasteiger partial charge in [-0.1, -0.05) is 18.2 Å². The van der Waals surface area contributed by atoms with Gasteiger partial charge in [0.25, 0.3) is 0 Å². The first-order chi connectivity index (χ1) is 9.63. The molecule has 1 atom stereocenters. The Morgan fingerprint density at radius 3 is 2.90 bits per heavy atom. The fourth-order valence-electron chi connectivity index (χ4n) is 3.20. The van der Waals surface area contributed by atoms with E-state index in [2.05, 4.69) is 20.8 Å². The molecule has 1 aromatic heterocycles. The lowest BCUT2D eigenvalue weighted by Crippen LogP contribution is -2.43. The highest BCUT2D eigenvalue weighted by Crippen LogP contribution is 2.49. The van der Waals surface area contributed by atoms with E-state index in [1.54, 1.807) is 6.20 Å². The maximum atomic E-state index is 12.6. The third kappa shape index (κ3) is 1.16.